The van der Waals surface area contributed by atoms with Gasteiger partial charge in [0.25, 0.3) is 0 Å². The molecule has 0 fully saturated rings. The molecule has 0 bridgehead atoms. The molecule has 15 heavy (non-hydrogen) atoms. The summed E-state index contributed by atoms with van der Waals surface area (Å²) in [5.74, 6) is 0.366. The van der Waals surface area contributed by atoms with Gasteiger partial charge in [0, 0.05) is 6.54 Å². The maximum Gasteiger partial charge on any atom is 0.115 e. The monoisotopic (exact) mass is 203 g/mol. The molecule has 2 N–H and O–H groups in total. The number of hydrogen-bond donors (Lipinski definition) is 2. The van der Waals surface area contributed by atoms with Crippen molar-refractivity contribution in [3.8, 4) is 5.75 Å². The zero-order valence-electron chi connectivity index (χ0n) is 9.09. The Morgan fingerprint density at radius 1 is 1.40 bits per heavy atom. The topological polar surface area (TPSA) is 32.3 Å². The van der Waals surface area contributed by atoms with Gasteiger partial charge in [0.05, 0.1) is 0 Å². The Morgan fingerprint density at radius 2 is 2.27 bits per heavy atom. The first-order valence-corrected chi connectivity index (χ1v) is 5.53. The summed E-state index contributed by atoms with van der Waals surface area (Å²) in [5.41, 5.74) is 3.95. The summed E-state index contributed by atoms with van der Waals surface area (Å²) in [6.45, 7) is 4.13. The molecule has 1 aliphatic rings. The van der Waals surface area contributed by atoms with Crippen molar-refractivity contribution >= 4 is 5.57 Å². The number of benzene rings is 1. The largest absolute Gasteiger partial charge is 0.508 e. The molecule has 80 valence electrons. The second-order valence-electron chi connectivity index (χ2n) is 3.88. The van der Waals surface area contributed by atoms with Crippen molar-refractivity contribution < 1.29 is 5.11 Å². The SMILES string of the molecule is CCc1cc(O)ccc1C1=CCNCC1. The summed E-state index contributed by atoms with van der Waals surface area (Å²) in [7, 11) is 0. The molecule has 0 amide bonds. The van der Waals surface area contributed by atoms with E-state index < -0.39 is 0 Å². The lowest BCUT2D eigenvalue weighted by molar-refractivity contribution is 0.474. The summed E-state index contributed by atoms with van der Waals surface area (Å²) in [6.07, 6.45) is 4.29. The Morgan fingerprint density at radius 3 is 2.93 bits per heavy atom. The van der Waals surface area contributed by atoms with Crippen LogP contribution in [0.1, 0.15) is 24.5 Å². The maximum atomic E-state index is 9.44. The average molecular weight is 203 g/mol. The van der Waals surface area contributed by atoms with E-state index in [1.807, 2.05) is 12.1 Å². The van der Waals surface area contributed by atoms with E-state index in [0.29, 0.717) is 5.75 Å². The highest BCUT2D eigenvalue weighted by molar-refractivity contribution is 5.70. The van der Waals surface area contributed by atoms with Crippen LogP contribution in [0.15, 0.2) is 24.3 Å². The van der Waals surface area contributed by atoms with Gasteiger partial charge in [0.15, 0.2) is 0 Å². The standard InChI is InChI=1S/C13H17NO/c1-2-10-9-12(15)3-4-13(10)11-5-7-14-8-6-11/h3-5,9,14-15H,2,6-8H2,1H3. The first kappa shape index (κ1) is 10.2. The fraction of sp³-hybridized carbons (Fsp3) is 0.385. The van der Waals surface area contributed by atoms with Crippen molar-refractivity contribution in [1.29, 1.82) is 0 Å². The first-order chi connectivity index (χ1) is 7.31. The molecule has 0 saturated carbocycles. The van der Waals surface area contributed by atoms with Gasteiger partial charge in [-0.25, -0.2) is 0 Å². The fourth-order valence-electron chi connectivity index (χ4n) is 2.05. The highest BCUT2D eigenvalue weighted by atomic mass is 16.3. The molecule has 1 aromatic rings. The lowest BCUT2D eigenvalue weighted by atomic mass is 9.94. The smallest absolute Gasteiger partial charge is 0.115 e. The molecule has 0 spiro atoms. The molecule has 0 atom stereocenters. The summed E-state index contributed by atoms with van der Waals surface area (Å²) in [6, 6.07) is 5.68. The van der Waals surface area contributed by atoms with Gasteiger partial charge in [0.2, 0.25) is 0 Å². The maximum absolute atomic E-state index is 9.44. The highest BCUT2D eigenvalue weighted by Crippen LogP contribution is 2.26. The summed E-state index contributed by atoms with van der Waals surface area (Å²) < 4.78 is 0. The molecule has 1 aromatic carbocycles. The van der Waals surface area contributed by atoms with Crippen LogP contribution in [0, 0.1) is 0 Å². The molecule has 1 heterocycles. The van der Waals surface area contributed by atoms with Crippen molar-refractivity contribution in [1.82, 2.24) is 5.32 Å². The number of rotatable bonds is 2. The van der Waals surface area contributed by atoms with Crippen LogP contribution in [0.25, 0.3) is 5.57 Å². The normalized spacial score (nSPS) is 16.2. The first-order valence-electron chi connectivity index (χ1n) is 5.53. The highest BCUT2D eigenvalue weighted by Gasteiger charge is 2.09. The van der Waals surface area contributed by atoms with Crippen LogP contribution in [0.3, 0.4) is 0 Å². The van der Waals surface area contributed by atoms with E-state index in [4.69, 9.17) is 0 Å². The Bertz CT molecular complexity index is 382. The van der Waals surface area contributed by atoms with Gasteiger partial charge in [-0.15, -0.1) is 0 Å². The zero-order valence-corrected chi connectivity index (χ0v) is 9.09. The minimum absolute atomic E-state index is 0.366. The Balaban J connectivity index is 2.38. The van der Waals surface area contributed by atoms with Crippen molar-refractivity contribution in [2.75, 3.05) is 13.1 Å². The lowest BCUT2D eigenvalue weighted by Gasteiger charge is -2.17. The summed E-state index contributed by atoms with van der Waals surface area (Å²) >= 11 is 0. The Labute approximate surface area is 90.6 Å². The van der Waals surface area contributed by atoms with Crippen molar-refractivity contribution in [2.24, 2.45) is 0 Å². The van der Waals surface area contributed by atoms with Crippen LogP contribution >= 0.6 is 0 Å². The number of phenolic OH excluding ortho intramolecular Hbond substituents is 1. The van der Waals surface area contributed by atoms with Gasteiger partial charge in [0.1, 0.15) is 5.75 Å². The predicted molar refractivity (Wildman–Crippen MR) is 62.9 cm³/mol. The summed E-state index contributed by atoms with van der Waals surface area (Å²) in [4.78, 5) is 0. The molecule has 2 rings (SSSR count). The number of hydrogen-bond acceptors (Lipinski definition) is 2. The van der Waals surface area contributed by atoms with Gasteiger partial charge in [-0.3, -0.25) is 0 Å². The molecule has 1 aliphatic heterocycles. The van der Waals surface area contributed by atoms with Crippen molar-refractivity contribution in [3.63, 3.8) is 0 Å². The van der Waals surface area contributed by atoms with Crippen LogP contribution in [0.2, 0.25) is 0 Å². The minimum atomic E-state index is 0.366. The van der Waals surface area contributed by atoms with Crippen LogP contribution in [-0.2, 0) is 6.42 Å². The van der Waals surface area contributed by atoms with E-state index in [-0.39, 0.29) is 0 Å². The molecule has 0 aromatic heterocycles. The van der Waals surface area contributed by atoms with E-state index in [9.17, 15) is 5.11 Å². The zero-order chi connectivity index (χ0) is 10.7. The molecule has 2 heteroatoms. The molecule has 0 aliphatic carbocycles. The molecule has 2 nitrogen and oxygen atoms in total. The number of nitrogens with one attached hydrogen (secondary N) is 1. The minimum Gasteiger partial charge on any atom is -0.508 e. The number of aromatic hydroxyl groups is 1. The predicted octanol–water partition coefficient (Wildman–Crippen LogP) is 2.33. The number of aryl methyl sites for hydroxylation is 1. The van der Waals surface area contributed by atoms with Crippen LogP contribution < -0.4 is 5.32 Å². The van der Waals surface area contributed by atoms with E-state index in [1.165, 1.54) is 16.7 Å². The van der Waals surface area contributed by atoms with Crippen molar-refractivity contribution in [2.45, 2.75) is 19.8 Å². The van der Waals surface area contributed by atoms with Gasteiger partial charge in [-0.1, -0.05) is 19.1 Å². The van der Waals surface area contributed by atoms with Crippen LogP contribution in [0.5, 0.6) is 5.75 Å². The lowest BCUT2D eigenvalue weighted by Crippen LogP contribution is -2.20. The van der Waals surface area contributed by atoms with Crippen LogP contribution in [0.4, 0.5) is 0 Å². The number of phenols is 1. The quantitative estimate of drug-likeness (QED) is 0.773. The average Bonchev–Trinajstić information content (AvgIpc) is 2.30. The van der Waals surface area contributed by atoms with E-state index in [0.717, 1.165) is 25.9 Å². The fourth-order valence-corrected chi connectivity index (χ4v) is 2.05. The Hall–Kier alpha value is -1.28. The second kappa shape index (κ2) is 4.49. The third-order valence-corrected chi connectivity index (χ3v) is 2.88. The van der Waals surface area contributed by atoms with Crippen molar-refractivity contribution in [3.05, 3.63) is 35.4 Å². The third-order valence-electron chi connectivity index (χ3n) is 2.88. The van der Waals surface area contributed by atoms with Gasteiger partial charge >= 0.3 is 0 Å². The van der Waals surface area contributed by atoms with E-state index >= 15 is 0 Å². The van der Waals surface area contributed by atoms with Gasteiger partial charge in [-0.2, -0.15) is 0 Å². The molecule has 0 unspecified atom stereocenters. The van der Waals surface area contributed by atoms with E-state index in [2.05, 4.69) is 18.3 Å². The van der Waals surface area contributed by atoms with Gasteiger partial charge < -0.3 is 10.4 Å². The summed E-state index contributed by atoms with van der Waals surface area (Å²) in [5, 5.41) is 12.7. The second-order valence-corrected chi connectivity index (χ2v) is 3.88. The Kier molecular flexibility index (Phi) is 3.07. The molecule has 0 radical (unpaired) electrons. The third kappa shape index (κ3) is 2.21. The van der Waals surface area contributed by atoms with Crippen LogP contribution in [-0.4, -0.2) is 18.2 Å². The van der Waals surface area contributed by atoms with E-state index in [1.54, 1.807) is 6.07 Å². The molecular formula is C13H17NO. The molecular weight excluding hydrogens is 186 g/mol. The molecule has 0 saturated heterocycles. The van der Waals surface area contributed by atoms with Gasteiger partial charge in [-0.05, 0) is 48.2 Å².